The molecule has 0 aliphatic heterocycles. The summed E-state index contributed by atoms with van der Waals surface area (Å²) in [6.07, 6.45) is 6.84. The van der Waals surface area contributed by atoms with E-state index < -0.39 is 11.9 Å². The molecule has 0 aliphatic carbocycles. The Morgan fingerprint density at radius 3 is 0.727 bits per heavy atom. The van der Waals surface area contributed by atoms with Gasteiger partial charge in [-0.3, -0.25) is 4.79 Å². The monoisotopic (exact) mass is 963 g/mol. The molecule has 19 nitrogen and oxygen atoms in total. The zero-order valence-corrected chi connectivity index (χ0v) is 42.5. The third-order valence-electron chi connectivity index (χ3n) is 10.3. The van der Waals surface area contributed by atoms with Crippen molar-refractivity contribution in [2.75, 3.05) is 201 Å². The molecule has 0 radical (unpaired) electrons. The number of Topliss-reactive ketones (excluding diaryl/α,β-unsaturated/α-hetero) is 1. The number of methoxy groups -OCH3 is 6. The van der Waals surface area contributed by atoms with Crippen LogP contribution in [0.1, 0.15) is 78.1 Å². The van der Waals surface area contributed by atoms with Crippen LogP contribution in [0.4, 0.5) is 0 Å². The van der Waals surface area contributed by atoms with Crippen molar-refractivity contribution in [2.24, 2.45) is 11.8 Å². The van der Waals surface area contributed by atoms with Gasteiger partial charge >= 0.3 is 0 Å². The lowest BCUT2D eigenvalue weighted by molar-refractivity contribution is -0.388. The SMILES string of the molecule is CCC(CCCCC(OCCOCCOC)(OCCOCCOC)OCCOCCOC)C(=O)C(CC)CCCCC(OCCOCCOC)(OCCOCCOC)OCCOCCOC. The lowest BCUT2D eigenvalue weighted by Crippen LogP contribution is -2.42. The third kappa shape index (κ3) is 36.9. The molecule has 0 N–H and O–H groups in total. The van der Waals surface area contributed by atoms with Crippen LogP contribution in [-0.2, 0) is 90.1 Å². The summed E-state index contributed by atoms with van der Waals surface area (Å²) in [6, 6.07) is 0. The van der Waals surface area contributed by atoms with Gasteiger partial charge in [0.1, 0.15) is 5.78 Å². The zero-order chi connectivity index (χ0) is 48.5. The number of unbranched alkanes of at least 4 members (excludes halogenated alkanes) is 2. The summed E-state index contributed by atoms with van der Waals surface area (Å²) in [4.78, 5) is 14.1. The lowest BCUT2D eigenvalue weighted by Gasteiger charge is -2.34. The smallest absolute Gasteiger partial charge is 0.283 e. The molecular formula is C47H94O19. The van der Waals surface area contributed by atoms with E-state index in [2.05, 4.69) is 13.8 Å². The van der Waals surface area contributed by atoms with Crippen molar-refractivity contribution >= 4 is 5.78 Å². The molecule has 0 aromatic rings. The fourth-order valence-electron chi connectivity index (χ4n) is 6.58. The first-order valence-corrected chi connectivity index (χ1v) is 24.1. The molecule has 0 saturated carbocycles. The number of rotatable bonds is 56. The van der Waals surface area contributed by atoms with Crippen LogP contribution in [0.25, 0.3) is 0 Å². The number of carbonyl (C=O) groups excluding carboxylic acids is 1. The molecule has 0 heterocycles. The fourth-order valence-corrected chi connectivity index (χ4v) is 6.58. The van der Waals surface area contributed by atoms with Crippen LogP contribution in [0.2, 0.25) is 0 Å². The second-order valence-corrected chi connectivity index (χ2v) is 15.2. The first-order chi connectivity index (χ1) is 32.4. The van der Waals surface area contributed by atoms with E-state index in [0.717, 1.165) is 38.5 Å². The van der Waals surface area contributed by atoms with E-state index in [4.69, 9.17) is 85.3 Å². The maximum atomic E-state index is 14.1. The summed E-state index contributed by atoms with van der Waals surface area (Å²) in [5, 5.41) is 0. The number of ether oxygens (including phenoxy) is 18. The highest BCUT2D eigenvalue weighted by Gasteiger charge is 2.35. The number of carbonyl (C=O) groups is 1. The standard InChI is InChI=1S/C47H94O19/c1-9-43(15-11-13-17-46(61-37-31-55-25-19-49-3,62-38-32-56-26-20-50-4)63-39-33-57-27-21-51-5)45(48)44(10-2)16-12-14-18-47(64-40-34-58-28-22-52-6,65-41-35-59-29-23-53-7)66-42-36-60-30-24-54-8/h43-44H,9-42H2,1-8H3. The van der Waals surface area contributed by atoms with Crippen molar-refractivity contribution < 1.29 is 90.1 Å². The first-order valence-electron chi connectivity index (χ1n) is 24.1. The quantitative estimate of drug-likeness (QED) is 0.0578. The van der Waals surface area contributed by atoms with Crippen LogP contribution in [0, 0.1) is 11.8 Å². The molecule has 2 unspecified atom stereocenters. The summed E-state index contributed by atoms with van der Waals surface area (Å²) < 4.78 is 102. The van der Waals surface area contributed by atoms with Crippen LogP contribution < -0.4 is 0 Å². The Balaban J connectivity index is 5.71. The minimum atomic E-state index is -1.35. The summed E-state index contributed by atoms with van der Waals surface area (Å²) in [6.45, 7) is 13.2. The van der Waals surface area contributed by atoms with Gasteiger partial charge in [-0.2, -0.15) is 0 Å². The molecule has 0 aliphatic rings. The normalized spacial score (nSPS) is 13.2. The molecule has 396 valence electrons. The highest BCUT2D eigenvalue weighted by atomic mass is 16.9. The minimum absolute atomic E-state index is 0.0759. The summed E-state index contributed by atoms with van der Waals surface area (Å²) in [5.41, 5.74) is 0. The van der Waals surface area contributed by atoms with Gasteiger partial charge in [0.2, 0.25) is 0 Å². The Hall–Kier alpha value is -1.05. The predicted octanol–water partition coefficient (Wildman–Crippen LogP) is 5.11. The van der Waals surface area contributed by atoms with Gasteiger partial charge in [0, 0.05) is 67.3 Å². The van der Waals surface area contributed by atoms with Gasteiger partial charge in [0.05, 0.1) is 159 Å². The second-order valence-electron chi connectivity index (χ2n) is 15.2. The number of hydrogen-bond acceptors (Lipinski definition) is 19. The van der Waals surface area contributed by atoms with Crippen molar-refractivity contribution in [2.45, 2.75) is 90.0 Å². The van der Waals surface area contributed by atoms with Crippen LogP contribution in [0.5, 0.6) is 0 Å². The summed E-state index contributed by atoms with van der Waals surface area (Å²) >= 11 is 0. The molecule has 0 spiro atoms. The molecule has 0 bridgehead atoms. The van der Waals surface area contributed by atoms with Crippen molar-refractivity contribution in [3.8, 4) is 0 Å². The van der Waals surface area contributed by atoms with E-state index in [-0.39, 0.29) is 51.5 Å². The second kappa shape index (κ2) is 49.0. The molecule has 19 heteroatoms. The summed E-state index contributed by atoms with van der Waals surface area (Å²) in [5.74, 6) is -2.56. The van der Waals surface area contributed by atoms with E-state index in [1.54, 1.807) is 42.7 Å². The van der Waals surface area contributed by atoms with Crippen molar-refractivity contribution in [3.63, 3.8) is 0 Å². The van der Waals surface area contributed by atoms with Gasteiger partial charge in [0.25, 0.3) is 11.9 Å². The van der Waals surface area contributed by atoms with Crippen LogP contribution in [0.3, 0.4) is 0 Å². The molecule has 0 aromatic heterocycles. The average molecular weight is 963 g/mol. The largest absolute Gasteiger partial charge is 0.382 e. The Morgan fingerprint density at radius 1 is 0.318 bits per heavy atom. The molecule has 0 amide bonds. The van der Waals surface area contributed by atoms with E-state index in [1.165, 1.54) is 0 Å². The molecule has 0 fully saturated rings. The molecule has 0 saturated heterocycles. The molecule has 66 heavy (non-hydrogen) atoms. The van der Waals surface area contributed by atoms with Gasteiger partial charge in [-0.1, -0.05) is 26.7 Å². The number of hydrogen-bond donors (Lipinski definition) is 0. The van der Waals surface area contributed by atoms with Crippen molar-refractivity contribution in [3.05, 3.63) is 0 Å². The van der Waals surface area contributed by atoms with Crippen LogP contribution in [0.15, 0.2) is 0 Å². The van der Waals surface area contributed by atoms with E-state index in [1.807, 2.05) is 0 Å². The third-order valence-corrected chi connectivity index (χ3v) is 10.3. The molecular weight excluding hydrogens is 868 g/mol. The average Bonchev–Trinajstić information content (AvgIpc) is 3.33. The van der Waals surface area contributed by atoms with Crippen LogP contribution in [-0.4, -0.2) is 219 Å². The molecule has 0 aromatic carbocycles. The van der Waals surface area contributed by atoms with E-state index >= 15 is 0 Å². The Kier molecular flexibility index (Phi) is 48.2. The van der Waals surface area contributed by atoms with Gasteiger partial charge < -0.3 is 85.3 Å². The molecule has 2 atom stereocenters. The molecule has 0 rings (SSSR count). The highest BCUT2D eigenvalue weighted by molar-refractivity contribution is 5.83. The maximum absolute atomic E-state index is 14.1. The van der Waals surface area contributed by atoms with Gasteiger partial charge in [-0.15, -0.1) is 0 Å². The van der Waals surface area contributed by atoms with Crippen molar-refractivity contribution in [1.82, 2.24) is 0 Å². The van der Waals surface area contributed by atoms with E-state index in [9.17, 15) is 4.79 Å². The highest BCUT2D eigenvalue weighted by Crippen LogP contribution is 2.29. The van der Waals surface area contributed by atoms with Gasteiger partial charge in [-0.05, 0) is 38.5 Å². The lowest BCUT2D eigenvalue weighted by atomic mass is 9.83. The van der Waals surface area contributed by atoms with E-state index in [0.29, 0.717) is 150 Å². The number of ketones is 1. The van der Waals surface area contributed by atoms with Gasteiger partial charge in [-0.25, -0.2) is 0 Å². The Labute approximate surface area is 398 Å². The first kappa shape index (κ1) is 65.0. The summed E-state index contributed by atoms with van der Waals surface area (Å²) in [7, 11) is 9.78. The van der Waals surface area contributed by atoms with Gasteiger partial charge in [0.15, 0.2) is 0 Å². The Morgan fingerprint density at radius 2 is 0.530 bits per heavy atom. The Bertz CT molecular complexity index is 843. The topological polar surface area (TPSA) is 183 Å². The zero-order valence-electron chi connectivity index (χ0n) is 42.5. The maximum Gasteiger partial charge on any atom is 0.283 e. The van der Waals surface area contributed by atoms with Crippen LogP contribution >= 0.6 is 0 Å². The minimum Gasteiger partial charge on any atom is -0.382 e. The predicted molar refractivity (Wildman–Crippen MR) is 247 cm³/mol. The fraction of sp³-hybridized carbons (Fsp3) is 0.979. The van der Waals surface area contributed by atoms with Crippen molar-refractivity contribution in [1.29, 1.82) is 0 Å².